The molecule has 0 aliphatic carbocycles. The molecule has 3 rings (SSSR count). The van der Waals surface area contributed by atoms with Gasteiger partial charge >= 0.3 is 0 Å². The first-order chi connectivity index (χ1) is 12.0. The molecule has 0 fully saturated rings. The highest BCUT2D eigenvalue weighted by Crippen LogP contribution is 2.33. The van der Waals surface area contributed by atoms with Gasteiger partial charge in [0.25, 0.3) is 5.91 Å². The Morgan fingerprint density at radius 2 is 2.16 bits per heavy atom. The number of nitrogens with zero attached hydrogens (tertiary/aromatic N) is 1. The number of fused-ring (bicyclic) bond motifs is 1. The van der Waals surface area contributed by atoms with Crippen LogP contribution in [0.15, 0.2) is 34.8 Å². The molecule has 0 saturated carbocycles. The average Bonchev–Trinajstić information content (AvgIpc) is 2.59. The van der Waals surface area contributed by atoms with Crippen molar-refractivity contribution in [2.45, 2.75) is 19.9 Å². The van der Waals surface area contributed by atoms with Crippen molar-refractivity contribution in [3.63, 3.8) is 0 Å². The molecule has 1 aliphatic rings. The van der Waals surface area contributed by atoms with Crippen molar-refractivity contribution < 1.29 is 9.53 Å². The van der Waals surface area contributed by atoms with E-state index in [1.807, 2.05) is 13.0 Å². The van der Waals surface area contributed by atoms with Gasteiger partial charge in [-0.2, -0.15) is 0 Å². The third-order valence-corrected chi connectivity index (χ3v) is 5.32. The van der Waals surface area contributed by atoms with Crippen molar-refractivity contribution in [3.05, 3.63) is 56.5 Å². The van der Waals surface area contributed by atoms with E-state index in [0.717, 1.165) is 29.5 Å². The fourth-order valence-electron chi connectivity index (χ4n) is 2.93. The lowest BCUT2D eigenvalue weighted by molar-refractivity contribution is 0.102. The van der Waals surface area contributed by atoms with E-state index < -0.39 is 0 Å². The summed E-state index contributed by atoms with van der Waals surface area (Å²) in [6, 6.07) is 9.21. The summed E-state index contributed by atoms with van der Waals surface area (Å²) in [5.41, 5.74) is 3.54. The first-order valence-corrected chi connectivity index (χ1v) is 9.39. The second-order valence-corrected chi connectivity index (χ2v) is 7.32. The summed E-state index contributed by atoms with van der Waals surface area (Å²) in [5, 5.41) is 3.55. The number of hydrogen-bond acceptors (Lipinski definition) is 3. The van der Waals surface area contributed by atoms with Gasteiger partial charge in [-0.3, -0.25) is 4.79 Å². The minimum absolute atomic E-state index is 0.199. The second kappa shape index (κ2) is 7.77. The molecule has 1 N–H and O–H groups in total. The lowest BCUT2D eigenvalue weighted by atomic mass is 9.99. The largest absolute Gasteiger partial charge is 0.493 e. The molecular formula is C19H20BrClN2O2. The Labute approximate surface area is 161 Å². The van der Waals surface area contributed by atoms with E-state index in [1.165, 1.54) is 5.56 Å². The number of rotatable bonds is 4. The summed E-state index contributed by atoms with van der Waals surface area (Å²) in [5.74, 6) is 0.517. The Morgan fingerprint density at radius 1 is 1.36 bits per heavy atom. The van der Waals surface area contributed by atoms with Gasteiger partial charge in [-0.05, 0) is 71.7 Å². The van der Waals surface area contributed by atoms with Crippen LogP contribution >= 0.6 is 27.5 Å². The Bertz CT molecular complexity index is 810. The monoisotopic (exact) mass is 422 g/mol. The van der Waals surface area contributed by atoms with Crippen molar-refractivity contribution in [2.75, 3.05) is 25.5 Å². The molecule has 4 nitrogen and oxygen atoms in total. The number of hydrogen-bond donors (Lipinski definition) is 1. The fourth-order valence-corrected chi connectivity index (χ4v) is 3.72. The molecule has 2 aromatic rings. The number of likely N-dealkylation sites (N-methyl/N-ethyl adjacent to an activating group) is 1. The standard InChI is InChI=1S/C19H20BrClN2O2/c1-3-25-17-7-5-13(10-15(17)20)19(24)22-16-6-4-12-8-9-23(2)11-14(12)18(16)21/h4-7,10H,3,8-9,11H2,1-2H3,(H,22,24). The number of halogens is 2. The number of benzene rings is 2. The highest BCUT2D eigenvalue weighted by atomic mass is 79.9. The van der Waals surface area contributed by atoms with E-state index in [0.29, 0.717) is 28.6 Å². The molecule has 25 heavy (non-hydrogen) atoms. The number of anilines is 1. The molecule has 6 heteroatoms. The number of carbonyl (C=O) groups is 1. The molecule has 1 amide bonds. The summed E-state index contributed by atoms with van der Waals surface area (Å²) in [6.45, 7) is 4.31. The van der Waals surface area contributed by atoms with Gasteiger partial charge in [0.1, 0.15) is 5.75 Å². The first kappa shape index (κ1) is 18.2. The SMILES string of the molecule is CCOc1ccc(C(=O)Nc2ccc3c(c2Cl)CN(C)CC3)cc1Br. The van der Waals surface area contributed by atoms with Crippen molar-refractivity contribution in [3.8, 4) is 5.75 Å². The van der Waals surface area contributed by atoms with E-state index >= 15 is 0 Å². The van der Waals surface area contributed by atoms with Crippen LogP contribution in [0, 0.1) is 0 Å². The van der Waals surface area contributed by atoms with E-state index in [9.17, 15) is 4.79 Å². The van der Waals surface area contributed by atoms with Gasteiger partial charge < -0.3 is 15.0 Å². The number of ether oxygens (including phenoxy) is 1. The third-order valence-electron chi connectivity index (χ3n) is 4.27. The smallest absolute Gasteiger partial charge is 0.255 e. The van der Waals surface area contributed by atoms with Crippen LogP contribution in [-0.4, -0.2) is 31.0 Å². The van der Waals surface area contributed by atoms with Crippen LogP contribution in [-0.2, 0) is 13.0 Å². The molecular weight excluding hydrogens is 404 g/mol. The molecule has 1 heterocycles. The Morgan fingerprint density at radius 3 is 2.88 bits per heavy atom. The summed E-state index contributed by atoms with van der Waals surface area (Å²) < 4.78 is 6.23. The Balaban J connectivity index is 1.82. The van der Waals surface area contributed by atoms with Crippen molar-refractivity contribution in [2.24, 2.45) is 0 Å². The zero-order valence-electron chi connectivity index (χ0n) is 14.2. The van der Waals surface area contributed by atoms with Gasteiger partial charge in [-0.1, -0.05) is 17.7 Å². The van der Waals surface area contributed by atoms with E-state index in [4.69, 9.17) is 16.3 Å². The molecule has 1 aliphatic heterocycles. The van der Waals surface area contributed by atoms with Gasteiger partial charge in [0, 0.05) is 18.7 Å². The molecule has 0 unspecified atom stereocenters. The summed E-state index contributed by atoms with van der Waals surface area (Å²) >= 11 is 9.99. The lowest BCUT2D eigenvalue weighted by Crippen LogP contribution is -2.27. The maximum Gasteiger partial charge on any atom is 0.255 e. The second-order valence-electron chi connectivity index (χ2n) is 6.08. The van der Waals surface area contributed by atoms with Crippen LogP contribution in [0.5, 0.6) is 5.75 Å². The minimum atomic E-state index is -0.199. The summed E-state index contributed by atoms with van der Waals surface area (Å²) in [6.07, 6.45) is 0.978. The molecule has 0 spiro atoms. The molecule has 2 aromatic carbocycles. The van der Waals surface area contributed by atoms with E-state index in [1.54, 1.807) is 18.2 Å². The first-order valence-electron chi connectivity index (χ1n) is 8.22. The van der Waals surface area contributed by atoms with Gasteiger partial charge in [0.05, 0.1) is 21.8 Å². The normalized spacial score (nSPS) is 14.1. The maximum atomic E-state index is 12.6. The third kappa shape index (κ3) is 4.00. The molecule has 0 atom stereocenters. The van der Waals surface area contributed by atoms with Crippen molar-refractivity contribution >= 4 is 39.1 Å². The Kier molecular flexibility index (Phi) is 5.67. The van der Waals surface area contributed by atoms with E-state index in [2.05, 4.69) is 39.3 Å². The fraction of sp³-hybridized carbons (Fsp3) is 0.316. The number of carbonyl (C=O) groups excluding carboxylic acids is 1. The quantitative estimate of drug-likeness (QED) is 0.772. The van der Waals surface area contributed by atoms with Crippen LogP contribution in [0.3, 0.4) is 0 Å². The predicted molar refractivity (Wildman–Crippen MR) is 105 cm³/mol. The van der Waals surface area contributed by atoms with Crippen LogP contribution in [0.4, 0.5) is 5.69 Å². The zero-order valence-corrected chi connectivity index (χ0v) is 16.6. The van der Waals surface area contributed by atoms with Gasteiger partial charge in [0.15, 0.2) is 0 Å². The molecule has 0 aromatic heterocycles. The van der Waals surface area contributed by atoms with Gasteiger partial charge in [0.2, 0.25) is 0 Å². The van der Waals surface area contributed by atoms with Crippen molar-refractivity contribution in [1.82, 2.24) is 4.90 Å². The molecule has 132 valence electrons. The summed E-state index contributed by atoms with van der Waals surface area (Å²) in [7, 11) is 2.07. The zero-order chi connectivity index (χ0) is 18.0. The minimum Gasteiger partial charge on any atom is -0.493 e. The average molecular weight is 424 g/mol. The molecule has 0 saturated heterocycles. The Hall–Kier alpha value is -1.56. The van der Waals surface area contributed by atoms with E-state index in [-0.39, 0.29) is 5.91 Å². The number of amides is 1. The maximum absolute atomic E-state index is 12.6. The van der Waals surface area contributed by atoms with Crippen molar-refractivity contribution in [1.29, 1.82) is 0 Å². The highest BCUT2D eigenvalue weighted by Gasteiger charge is 2.19. The van der Waals surface area contributed by atoms with Crippen LogP contribution in [0.2, 0.25) is 5.02 Å². The van der Waals surface area contributed by atoms with Crippen LogP contribution in [0.25, 0.3) is 0 Å². The molecule has 0 radical (unpaired) electrons. The highest BCUT2D eigenvalue weighted by molar-refractivity contribution is 9.10. The molecule has 0 bridgehead atoms. The van der Waals surface area contributed by atoms with Gasteiger partial charge in [-0.15, -0.1) is 0 Å². The number of nitrogens with one attached hydrogen (secondary N) is 1. The van der Waals surface area contributed by atoms with Crippen LogP contribution in [0.1, 0.15) is 28.4 Å². The lowest BCUT2D eigenvalue weighted by Gasteiger charge is -2.26. The predicted octanol–water partition coefficient (Wildman–Crippen LogP) is 4.74. The van der Waals surface area contributed by atoms with Crippen LogP contribution < -0.4 is 10.1 Å². The topological polar surface area (TPSA) is 41.6 Å². The summed E-state index contributed by atoms with van der Waals surface area (Å²) in [4.78, 5) is 14.8. The van der Waals surface area contributed by atoms with Gasteiger partial charge in [-0.25, -0.2) is 0 Å².